The van der Waals surface area contributed by atoms with Crippen LogP contribution in [0.25, 0.3) is 16.9 Å². The number of aliphatic hydroxyl groups is 1. The van der Waals surface area contributed by atoms with Crippen molar-refractivity contribution in [3.63, 3.8) is 0 Å². The van der Waals surface area contributed by atoms with Gasteiger partial charge < -0.3 is 14.7 Å². The van der Waals surface area contributed by atoms with E-state index in [4.69, 9.17) is 9.84 Å². The van der Waals surface area contributed by atoms with Gasteiger partial charge in [-0.1, -0.05) is 18.2 Å². The summed E-state index contributed by atoms with van der Waals surface area (Å²) in [7, 11) is 0. The zero-order valence-electron chi connectivity index (χ0n) is 15.7. The van der Waals surface area contributed by atoms with Crippen molar-refractivity contribution in [3.8, 4) is 16.9 Å². The summed E-state index contributed by atoms with van der Waals surface area (Å²) in [5.41, 5.74) is 4.82. The smallest absolute Gasteiger partial charge is 0.274 e. The van der Waals surface area contributed by atoms with Crippen LogP contribution in [0.15, 0.2) is 47.5 Å². The van der Waals surface area contributed by atoms with Crippen LogP contribution in [0.3, 0.4) is 0 Å². The number of ether oxygens (including phenoxy) is 1. The Morgan fingerprint density at radius 2 is 2.00 bits per heavy atom. The van der Waals surface area contributed by atoms with Crippen LogP contribution < -0.4 is 0 Å². The average Bonchev–Trinajstić information content (AvgIpc) is 3.19. The maximum absolute atomic E-state index is 13.3. The maximum atomic E-state index is 13.3. The molecule has 29 heavy (non-hydrogen) atoms. The van der Waals surface area contributed by atoms with E-state index < -0.39 is 0 Å². The lowest BCUT2D eigenvalue weighted by Gasteiger charge is -2.26. The fourth-order valence-corrected chi connectivity index (χ4v) is 4.78. The van der Waals surface area contributed by atoms with Crippen molar-refractivity contribution in [1.29, 1.82) is 0 Å². The third-order valence-corrected chi connectivity index (χ3v) is 6.31. The number of benzene rings is 1. The Hall–Kier alpha value is -2.68. The lowest BCUT2D eigenvalue weighted by atomic mass is 10.0. The van der Waals surface area contributed by atoms with E-state index >= 15 is 0 Å². The van der Waals surface area contributed by atoms with Crippen LogP contribution in [0.5, 0.6) is 0 Å². The van der Waals surface area contributed by atoms with E-state index in [1.165, 1.54) is 4.90 Å². The van der Waals surface area contributed by atoms with Gasteiger partial charge in [0, 0.05) is 34.9 Å². The fourth-order valence-electron chi connectivity index (χ4n) is 3.71. The zero-order chi connectivity index (χ0) is 19.8. The highest BCUT2D eigenvalue weighted by Crippen LogP contribution is 2.43. The van der Waals surface area contributed by atoms with Crippen molar-refractivity contribution < 1.29 is 14.6 Å². The molecule has 4 heterocycles. The number of carbonyl (C=O) groups excluding carboxylic acids is 1. The molecule has 1 amide bonds. The van der Waals surface area contributed by atoms with E-state index in [0.717, 1.165) is 22.5 Å². The van der Waals surface area contributed by atoms with Crippen LogP contribution in [-0.2, 0) is 17.1 Å². The molecule has 148 valence electrons. The van der Waals surface area contributed by atoms with Crippen LogP contribution in [0.1, 0.15) is 21.7 Å². The van der Waals surface area contributed by atoms with Gasteiger partial charge in [-0.2, -0.15) is 5.10 Å². The summed E-state index contributed by atoms with van der Waals surface area (Å²) >= 11 is 1.73. The molecule has 1 N–H and O–H groups in total. The minimum atomic E-state index is -0.113. The number of fused-ring (bicyclic) bond motifs is 3. The van der Waals surface area contributed by atoms with Gasteiger partial charge in [0.1, 0.15) is 0 Å². The molecule has 0 aliphatic carbocycles. The first-order valence-electron chi connectivity index (χ1n) is 9.53. The molecular formula is C21H20N4O3S. The van der Waals surface area contributed by atoms with Gasteiger partial charge >= 0.3 is 0 Å². The number of hydrogen-bond acceptors (Lipinski definition) is 6. The Bertz CT molecular complexity index is 1060. The van der Waals surface area contributed by atoms with Crippen molar-refractivity contribution in [2.24, 2.45) is 0 Å². The van der Waals surface area contributed by atoms with E-state index in [-0.39, 0.29) is 12.5 Å². The Labute approximate surface area is 172 Å². The summed E-state index contributed by atoms with van der Waals surface area (Å²) in [4.78, 5) is 20.5. The zero-order valence-corrected chi connectivity index (χ0v) is 16.6. The molecule has 3 aromatic rings. The predicted molar refractivity (Wildman–Crippen MR) is 109 cm³/mol. The average molecular weight is 408 g/mol. The molecule has 0 bridgehead atoms. The summed E-state index contributed by atoms with van der Waals surface area (Å²) in [5, 5.41) is 14.1. The molecule has 2 aliphatic rings. The van der Waals surface area contributed by atoms with E-state index in [1.807, 2.05) is 27.8 Å². The van der Waals surface area contributed by atoms with E-state index in [0.29, 0.717) is 43.4 Å². The Balaban J connectivity index is 1.66. The monoisotopic (exact) mass is 408 g/mol. The first-order chi connectivity index (χ1) is 14.3. The van der Waals surface area contributed by atoms with E-state index in [9.17, 15) is 9.90 Å². The summed E-state index contributed by atoms with van der Waals surface area (Å²) < 4.78 is 7.20. The second kappa shape index (κ2) is 7.62. The molecule has 1 fully saturated rings. The molecule has 5 rings (SSSR count). The minimum absolute atomic E-state index is 0.0526. The number of hydrogen-bond donors (Lipinski definition) is 1. The minimum Gasteiger partial charge on any atom is -0.390 e. The molecule has 0 spiro atoms. The number of aliphatic hydroxyl groups excluding tert-OH is 1. The maximum Gasteiger partial charge on any atom is 0.274 e. The first kappa shape index (κ1) is 18.4. The molecule has 1 saturated heterocycles. The Kier molecular flexibility index (Phi) is 4.83. The molecule has 0 saturated carbocycles. The summed E-state index contributed by atoms with van der Waals surface area (Å²) in [6.45, 7) is 2.16. The SMILES string of the molecule is O=C(c1nn(-c2ccc(CO)nc2)c2c1CSc1ccccc1-2)N1CCOCC1. The number of nitrogens with zero attached hydrogens (tertiary/aromatic N) is 4. The Morgan fingerprint density at radius 1 is 1.17 bits per heavy atom. The standard InChI is InChI=1S/C21H20N4O3S/c26-12-14-5-6-15(11-22-14)25-20-16-3-1-2-4-18(16)29-13-17(20)19(23-25)21(27)24-7-9-28-10-8-24/h1-6,11,26H,7-10,12-13H2. The van der Waals surface area contributed by atoms with Crippen LogP contribution in [0.2, 0.25) is 0 Å². The third-order valence-electron chi connectivity index (χ3n) is 5.21. The van der Waals surface area contributed by atoms with Crippen LogP contribution in [0.4, 0.5) is 0 Å². The van der Waals surface area contributed by atoms with Gasteiger partial charge in [0.05, 0.1) is 43.1 Å². The van der Waals surface area contributed by atoms with Gasteiger partial charge in [-0.3, -0.25) is 9.78 Å². The predicted octanol–water partition coefficient (Wildman–Crippen LogP) is 2.50. The second-order valence-corrected chi connectivity index (χ2v) is 7.96. The highest BCUT2D eigenvalue weighted by atomic mass is 32.2. The number of carbonyl (C=O) groups is 1. The molecule has 1 aromatic carbocycles. The molecule has 2 aliphatic heterocycles. The summed E-state index contributed by atoms with van der Waals surface area (Å²) in [6.07, 6.45) is 1.69. The van der Waals surface area contributed by atoms with Crippen LogP contribution in [-0.4, -0.2) is 57.0 Å². The van der Waals surface area contributed by atoms with Gasteiger partial charge in [-0.05, 0) is 18.2 Å². The van der Waals surface area contributed by atoms with Crippen LogP contribution >= 0.6 is 11.8 Å². The first-order valence-corrected chi connectivity index (χ1v) is 10.5. The molecule has 8 heteroatoms. The third kappa shape index (κ3) is 3.23. The molecule has 2 aromatic heterocycles. The lowest BCUT2D eigenvalue weighted by Crippen LogP contribution is -2.41. The van der Waals surface area contributed by atoms with Crippen molar-refractivity contribution >= 4 is 17.7 Å². The van der Waals surface area contributed by atoms with Gasteiger partial charge in [-0.15, -0.1) is 11.8 Å². The number of rotatable bonds is 3. The quantitative estimate of drug-likeness (QED) is 0.717. The summed E-state index contributed by atoms with van der Waals surface area (Å²) in [5.74, 6) is 0.642. The molecule has 0 radical (unpaired) electrons. The molecule has 0 atom stereocenters. The lowest BCUT2D eigenvalue weighted by molar-refractivity contribution is 0.0298. The van der Waals surface area contributed by atoms with E-state index in [1.54, 1.807) is 24.0 Å². The van der Waals surface area contributed by atoms with Crippen molar-refractivity contribution in [2.75, 3.05) is 26.3 Å². The molecule has 7 nitrogen and oxygen atoms in total. The highest BCUT2D eigenvalue weighted by Gasteiger charge is 2.31. The largest absolute Gasteiger partial charge is 0.390 e. The van der Waals surface area contributed by atoms with Gasteiger partial charge in [-0.25, -0.2) is 4.68 Å². The van der Waals surface area contributed by atoms with Crippen molar-refractivity contribution in [2.45, 2.75) is 17.3 Å². The second-order valence-electron chi connectivity index (χ2n) is 6.94. The highest BCUT2D eigenvalue weighted by molar-refractivity contribution is 7.98. The number of morpholine rings is 1. The molecule has 0 unspecified atom stereocenters. The van der Waals surface area contributed by atoms with Crippen molar-refractivity contribution in [1.82, 2.24) is 19.7 Å². The number of pyridine rings is 1. The normalized spacial score (nSPS) is 15.7. The topological polar surface area (TPSA) is 80.5 Å². The number of amides is 1. The van der Waals surface area contributed by atoms with Gasteiger partial charge in [0.15, 0.2) is 5.69 Å². The van der Waals surface area contributed by atoms with E-state index in [2.05, 4.69) is 17.1 Å². The summed E-state index contributed by atoms with van der Waals surface area (Å²) in [6, 6.07) is 11.8. The number of thioether (sulfide) groups is 1. The van der Waals surface area contributed by atoms with Crippen LogP contribution in [0, 0.1) is 0 Å². The molecular weight excluding hydrogens is 388 g/mol. The van der Waals surface area contributed by atoms with Crippen molar-refractivity contribution in [3.05, 3.63) is 59.5 Å². The fraction of sp³-hybridized carbons (Fsp3) is 0.286. The Morgan fingerprint density at radius 3 is 2.76 bits per heavy atom. The number of aromatic nitrogens is 3. The van der Waals surface area contributed by atoms with Gasteiger partial charge in [0.2, 0.25) is 0 Å². The van der Waals surface area contributed by atoms with Gasteiger partial charge in [0.25, 0.3) is 5.91 Å².